The molecule has 1 saturated heterocycles. The Balaban J connectivity index is 2.31. The van der Waals surface area contributed by atoms with Crippen LogP contribution < -0.4 is 0 Å². The minimum Gasteiger partial charge on any atom is -0.505 e. The van der Waals surface area contributed by atoms with Crippen molar-refractivity contribution in [3.8, 4) is 5.75 Å². The second kappa shape index (κ2) is 6.11. The number of carbonyl (C=O) groups excluding carboxylic acids is 2. The van der Waals surface area contributed by atoms with E-state index in [1.54, 1.807) is 6.08 Å². The number of para-hydroxylation sites is 1. The fourth-order valence-corrected chi connectivity index (χ4v) is 4.82. The number of carbonyl (C=O) groups is 2. The molecule has 8 heteroatoms. The van der Waals surface area contributed by atoms with Gasteiger partial charge in [0.1, 0.15) is 0 Å². The van der Waals surface area contributed by atoms with Gasteiger partial charge in [-0.25, -0.2) is 4.39 Å². The zero-order chi connectivity index (χ0) is 18.6. The van der Waals surface area contributed by atoms with Crippen LogP contribution >= 0.6 is 39.1 Å². The minimum absolute atomic E-state index is 0.0139. The van der Waals surface area contributed by atoms with Crippen LogP contribution in [-0.4, -0.2) is 37.0 Å². The number of hydrogen-bond donors (Lipinski definition) is 1. The van der Waals surface area contributed by atoms with Gasteiger partial charge in [-0.2, -0.15) is 0 Å². The molecule has 1 aromatic carbocycles. The molecule has 3 unspecified atom stereocenters. The van der Waals surface area contributed by atoms with E-state index in [1.165, 1.54) is 18.2 Å². The van der Waals surface area contributed by atoms with Gasteiger partial charge in [0.15, 0.2) is 21.3 Å². The zero-order valence-corrected chi connectivity index (χ0v) is 15.9. The highest BCUT2D eigenvalue weighted by Crippen LogP contribution is 2.60. The van der Waals surface area contributed by atoms with Gasteiger partial charge in [0.05, 0.1) is 5.45 Å². The summed E-state index contributed by atoms with van der Waals surface area (Å²) in [5, 5.41) is 10.2. The van der Waals surface area contributed by atoms with Crippen LogP contribution in [0, 0.1) is 5.82 Å². The first-order valence-corrected chi connectivity index (χ1v) is 9.21. The monoisotopic (exact) mass is 447 g/mol. The first-order valence-electron chi connectivity index (χ1n) is 7.34. The molecular formula is C17H13BrCl2FNO3. The molecule has 1 aliphatic carbocycles. The zero-order valence-electron chi connectivity index (χ0n) is 12.8. The molecule has 0 aromatic heterocycles. The second-order valence-electron chi connectivity index (χ2n) is 5.89. The molecule has 3 atom stereocenters. The largest absolute Gasteiger partial charge is 0.505 e. The van der Waals surface area contributed by atoms with Gasteiger partial charge < -0.3 is 5.11 Å². The van der Waals surface area contributed by atoms with Crippen LogP contribution in [0.4, 0.5) is 4.39 Å². The lowest BCUT2D eigenvalue weighted by atomic mass is 9.68. The summed E-state index contributed by atoms with van der Waals surface area (Å²) in [5.41, 5.74) is 0.493. The van der Waals surface area contributed by atoms with Crippen molar-refractivity contribution in [3.63, 3.8) is 0 Å². The summed E-state index contributed by atoms with van der Waals surface area (Å²) in [7, 11) is 0. The number of allylic oxidation sites excluding steroid dienone is 3. The van der Waals surface area contributed by atoms with Crippen LogP contribution in [0.3, 0.4) is 0 Å². The highest BCUT2D eigenvalue weighted by Gasteiger charge is 2.72. The summed E-state index contributed by atoms with van der Waals surface area (Å²) in [4.78, 5) is 22.9. The van der Waals surface area contributed by atoms with Crippen molar-refractivity contribution in [2.75, 3.05) is 5.45 Å². The molecule has 1 N–H and O–H groups in total. The predicted octanol–water partition coefficient (Wildman–Crippen LogP) is 3.81. The number of imide groups is 1. The lowest BCUT2D eigenvalue weighted by Crippen LogP contribution is -2.54. The van der Waals surface area contributed by atoms with Crippen LogP contribution in [0.5, 0.6) is 5.75 Å². The van der Waals surface area contributed by atoms with E-state index in [0.29, 0.717) is 5.57 Å². The van der Waals surface area contributed by atoms with E-state index in [9.17, 15) is 19.1 Å². The number of hydrogen-bond acceptors (Lipinski definition) is 3. The Morgan fingerprint density at radius 3 is 2.68 bits per heavy atom. The number of nitrogens with zero attached hydrogens (tertiary/aromatic N) is 1. The van der Waals surface area contributed by atoms with E-state index < -0.39 is 39.0 Å². The second-order valence-corrected chi connectivity index (χ2v) is 7.64. The SMILES string of the molecule is C=CC1=CCC2(Cl)C(=O)N(CBr)C(=O)C2(Cl)C1c1cccc(F)c1O. The molecule has 1 aliphatic heterocycles. The van der Waals surface area contributed by atoms with Crippen molar-refractivity contribution in [2.24, 2.45) is 0 Å². The van der Waals surface area contributed by atoms with E-state index in [2.05, 4.69) is 22.5 Å². The standard InChI is InChI=1S/C17H13BrCl2FNO3/c1-2-9-6-7-16(19)14(24)22(8-18)15(25)17(16,20)12(9)10-4-3-5-11(21)13(10)23/h2-6,12,23H,1,7-8H2. The number of rotatable bonds is 3. The third-order valence-electron chi connectivity index (χ3n) is 4.75. The van der Waals surface area contributed by atoms with E-state index in [0.717, 1.165) is 11.0 Å². The van der Waals surface area contributed by atoms with Gasteiger partial charge in [0, 0.05) is 11.5 Å². The number of halogens is 4. The highest BCUT2D eigenvalue weighted by molar-refractivity contribution is 9.09. The van der Waals surface area contributed by atoms with Crippen molar-refractivity contribution < 1.29 is 19.1 Å². The van der Waals surface area contributed by atoms with Crippen LogP contribution in [0.1, 0.15) is 17.9 Å². The topological polar surface area (TPSA) is 57.6 Å². The Bertz CT molecular complexity index is 830. The molecule has 1 aromatic rings. The van der Waals surface area contributed by atoms with Crippen molar-refractivity contribution in [1.82, 2.24) is 4.90 Å². The summed E-state index contributed by atoms with van der Waals surface area (Å²) in [5.74, 6) is -3.87. The van der Waals surface area contributed by atoms with E-state index >= 15 is 0 Å². The van der Waals surface area contributed by atoms with Gasteiger partial charge in [0.2, 0.25) is 0 Å². The molecule has 132 valence electrons. The summed E-state index contributed by atoms with van der Waals surface area (Å²) in [6.45, 7) is 3.70. The molecule has 0 radical (unpaired) electrons. The molecule has 0 spiro atoms. The molecule has 1 fully saturated rings. The van der Waals surface area contributed by atoms with E-state index in [4.69, 9.17) is 23.2 Å². The first kappa shape index (κ1) is 18.4. The van der Waals surface area contributed by atoms with Crippen molar-refractivity contribution >= 4 is 50.9 Å². The van der Waals surface area contributed by atoms with E-state index in [-0.39, 0.29) is 17.4 Å². The van der Waals surface area contributed by atoms with Crippen molar-refractivity contribution in [3.05, 3.63) is 53.9 Å². The van der Waals surface area contributed by atoms with Crippen molar-refractivity contribution in [2.45, 2.75) is 22.1 Å². The number of aromatic hydroxyl groups is 1. The number of fused-ring (bicyclic) bond motifs is 1. The fraction of sp³-hybridized carbons (Fsp3) is 0.294. The lowest BCUT2D eigenvalue weighted by Gasteiger charge is -2.42. The fourth-order valence-electron chi connectivity index (χ4n) is 3.49. The molecule has 4 nitrogen and oxygen atoms in total. The summed E-state index contributed by atoms with van der Waals surface area (Å²) < 4.78 is 13.9. The van der Waals surface area contributed by atoms with Gasteiger partial charge in [-0.05, 0) is 18.1 Å². The normalized spacial score (nSPS) is 31.8. The van der Waals surface area contributed by atoms with Crippen LogP contribution in [-0.2, 0) is 9.59 Å². The number of likely N-dealkylation sites (tertiary alicyclic amines) is 1. The maximum absolute atomic E-state index is 13.9. The highest BCUT2D eigenvalue weighted by atomic mass is 79.9. The molecular weight excluding hydrogens is 436 g/mol. The molecule has 0 bridgehead atoms. The number of phenolic OH excluding ortho intramolecular Hbond substituents is 1. The van der Waals surface area contributed by atoms with Gasteiger partial charge in [-0.3, -0.25) is 14.5 Å². The summed E-state index contributed by atoms with van der Waals surface area (Å²) in [6.07, 6.45) is 3.11. The molecule has 2 amide bonds. The Labute approximate surface area is 162 Å². The number of amides is 2. The Morgan fingerprint density at radius 2 is 2.08 bits per heavy atom. The number of phenols is 1. The van der Waals surface area contributed by atoms with Gasteiger partial charge >= 0.3 is 0 Å². The quantitative estimate of drug-likeness (QED) is 0.434. The maximum atomic E-state index is 13.9. The third-order valence-corrected chi connectivity index (χ3v) is 6.67. The smallest absolute Gasteiger partial charge is 0.254 e. The number of alkyl halides is 3. The average Bonchev–Trinajstić information content (AvgIpc) is 2.74. The minimum atomic E-state index is -1.91. The molecule has 3 rings (SSSR count). The van der Waals surface area contributed by atoms with Gasteiger partial charge in [0.25, 0.3) is 11.8 Å². The molecule has 2 aliphatic rings. The van der Waals surface area contributed by atoms with Crippen molar-refractivity contribution in [1.29, 1.82) is 0 Å². The molecule has 0 saturated carbocycles. The van der Waals surface area contributed by atoms with Gasteiger partial charge in [-0.1, -0.05) is 46.8 Å². The predicted molar refractivity (Wildman–Crippen MR) is 96.5 cm³/mol. The summed E-state index contributed by atoms with van der Waals surface area (Å²) in [6, 6.07) is 3.92. The Kier molecular flexibility index (Phi) is 4.50. The number of benzene rings is 1. The molecule has 25 heavy (non-hydrogen) atoms. The third kappa shape index (κ3) is 2.24. The lowest BCUT2D eigenvalue weighted by molar-refractivity contribution is -0.138. The maximum Gasteiger partial charge on any atom is 0.254 e. The average molecular weight is 449 g/mol. The summed E-state index contributed by atoms with van der Waals surface area (Å²) >= 11 is 16.4. The Morgan fingerprint density at radius 1 is 1.40 bits per heavy atom. The van der Waals surface area contributed by atoms with Crippen LogP contribution in [0.2, 0.25) is 0 Å². The van der Waals surface area contributed by atoms with E-state index in [1.807, 2.05) is 0 Å². The van der Waals surface area contributed by atoms with Crippen LogP contribution in [0.25, 0.3) is 0 Å². The van der Waals surface area contributed by atoms with Gasteiger partial charge in [-0.15, -0.1) is 23.2 Å². The van der Waals surface area contributed by atoms with Crippen LogP contribution in [0.15, 0.2) is 42.5 Å². The first-order chi connectivity index (χ1) is 11.7. The molecule has 1 heterocycles. The Hall–Kier alpha value is -1.37.